The first-order valence-corrected chi connectivity index (χ1v) is 2.91. The molecule has 0 atom stereocenters. The summed E-state index contributed by atoms with van der Waals surface area (Å²) < 4.78 is 0. The molecule has 0 spiro atoms. The Bertz CT molecular complexity index is 225. The maximum absolute atomic E-state index is 10.1. The van der Waals surface area contributed by atoms with E-state index < -0.39 is 5.97 Å². The Morgan fingerprint density at radius 2 is 2.27 bits per heavy atom. The van der Waals surface area contributed by atoms with Gasteiger partial charge in [0.25, 0.3) is 0 Å². The summed E-state index contributed by atoms with van der Waals surface area (Å²) in [7, 11) is 0. The van der Waals surface area contributed by atoms with Gasteiger partial charge in [-0.25, -0.2) is 0 Å². The molecule has 0 bridgehead atoms. The summed E-state index contributed by atoms with van der Waals surface area (Å²) in [5, 5.41) is 8.33. The number of nitrogens with zero attached hydrogens (tertiary/aromatic N) is 1. The van der Waals surface area contributed by atoms with Crippen LogP contribution in [-0.2, 0) is 11.2 Å². The van der Waals surface area contributed by atoms with E-state index in [1.54, 1.807) is 24.4 Å². The van der Waals surface area contributed by atoms with Gasteiger partial charge in [0.1, 0.15) is 0 Å². The lowest BCUT2D eigenvalue weighted by Gasteiger charge is -1.91. The van der Waals surface area contributed by atoms with E-state index in [1.165, 1.54) is 0 Å². The van der Waals surface area contributed by atoms with Crippen molar-refractivity contribution in [1.82, 2.24) is 4.98 Å². The molecule has 0 saturated carbocycles. The second-order valence-electron chi connectivity index (χ2n) is 1.89. The van der Waals surface area contributed by atoms with Crippen molar-refractivity contribution in [3.05, 3.63) is 30.1 Å². The first-order valence-electron chi connectivity index (χ1n) is 2.91. The molecule has 0 aliphatic heterocycles. The summed E-state index contributed by atoms with van der Waals surface area (Å²) in [6, 6.07) is 5.21. The predicted molar refractivity (Wildman–Crippen MR) is 42.8 cm³/mol. The van der Waals surface area contributed by atoms with E-state index in [0.29, 0.717) is 5.69 Å². The maximum atomic E-state index is 10.1. The number of aromatic nitrogens is 1. The topological polar surface area (TPSA) is 50.2 Å². The molecule has 1 N–H and O–H groups in total. The highest BCUT2D eigenvalue weighted by Crippen LogP contribution is 1.93. The van der Waals surface area contributed by atoms with Gasteiger partial charge < -0.3 is 5.11 Å². The van der Waals surface area contributed by atoms with E-state index in [9.17, 15) is 4.79 Å². The van der Waals surface area contributed by atoms with Crippen molar-refractivity contribution in [1.29, 1.82) is 0 Å². The van der Waals surface area contributed by atoms with Crippen molar-refractivity contribution in [2.45, 2.75) is 6.42 Å². The minimum absolute atomic E-state index is 0. The molecular formula is C7H8ClNO2. The van der Waals surface area contributed by atoms with Gasteiger partial charge in [-0.05, 0) is 12.1 Å². The zero-order valence-electron chi connectivity index (χ0n) is 5.73. The Morgan fingerprint density at radius 1 is 1.55 bits per heavy atom. The first kappa shape index (κ1) is 9.91. The van der Waals surface area contributed by atoms with Crippen molar-refractivity contribution in [2.24, 2.45) is 0 Å². The Labute approximate surface area is 70.5 Å². The van der Waals surface area contributed by atoms with Crippen LogP contribution in [0.4, 0.5) is 0 Å². The van der Waals surface area contributed by atoms with E-state index in [0.717, 1.165) is 0 Å². The van der Waals surface area contributed by atoms with E-state index in [1.807, 2.05) is 0 Å². The van der Waals surface area contributed by atoms with Gasteiger partial charge in [-0.15, -0.1) is 12.4 Å². The zero-order chi connectivity index (χ0) is 7.40. The second kappa shape index (κ2) is 4.68. The maximum Gasteiger partial charge on any atom is 0.309 e. The minimum Gasteiger partial charge on any atom is -0.481 e. The predicted octanol–water partition coefficient (Wildman–Crippen LogP) is 1.13. The normalized spacial score (nSPS) is 8.36. The summed E-state index contributed by atoms with van der Waals surface area (Å²) >= 11 is 0. The standard InChI is InChI=1S/C7H7NO2.ClH/c9-7(10)5-6-3-1-2-4-8-6;/h1-4H,5H2,(H,9,10);1H. The zero-order valence-corrected chi connectivity index (χ0v) is 6.54. The number of halogens is 1. The Kier molecular flexibility index (Phi) is 4.22. The molecule has 0 amide bonds. The van der Waals surface area contributed by atoms with Gasteiger partial charge in [0, 0.05) is 6.20 Å². The molecule has 3 nitrogen and oxygen atoms in total. The number of carbonyl (C=O) groups is 1. The summed E-state index contributed by atoms with van der Waals surface area (Å²) in [5.74, 6) is -0.848. The average molecular weight is 174 g/mol. The van der Waals surface area contributed by atoms with Gasteiger partial charge in [-0.2, -0.15) is 0 Å². The van der Waals surface area contributed by atoms with Crippen LogP contribution in [0.1, 0.15) is 5.69 Å². The number of hydrogen-bond acceptors (Lipinski definition) is 2. The lowest BCUT2D eigenvalue weighted by Crippen LogP contribution is -2.01. The van der Waals surface area contributed by atoms with Gasteiger partial charge in [0.15, 0.2) is 0 Å². The van der Waals surface area contributed by atoms with Crippen LogP contribution in [0.3, 0.4) is 0 Å². The van der Waals surface area contributed by atoms with Crippen LogP contribution in [0.25, 0.3) is 0 Å². The second-order valence-corrected chi connectivity index (χ2v) is 1.89. The van der Waals surface area contributed by atoms with Gasteiger partial charge in [0.05, 0.1) is 12.1 Å². The lowest BCUT2D eigenvalue weighted by molar-refractivity contribution is -0.136. The third kappa shape index (κ3) is 3.57. The smallest absolute Gasteiger partial charge is 0.309 e. The molecule has 1 aromatic rings. The monoisotopic (exact) mass is 173 g/mol. The molecule has 0 radical (unpaired) electrons. The van der Waals surface area contributed by atoms with Crippen molar-refractivity contribution >= 4 is 18.4 Å². The van der Waals surface area contributed by atoms with Crippen LogP contribution in [0.15, 0.2) is 24.4 Å². The molecule has 0 saturated heterocycles. The van der Waals surface area contributed by atoms with E-state index >= 15 is 0 Å². The van der Waals surface area contributed by atoms with Crippen LogP contribution in [0.2, 0.25) is 0 Å². The molecule has 0 aliphatic rings. The largest absolute Gasteiger partial charge is 0.481 e. The Hall–Kier alpha value is -1.09. The Morgan fingerprint density at radius 3 is 2.73 bits per heavy atom. The highest BCUT2D eigenvalue weighted by molar-refractivity contribution is 5.85. The van der Waals surface area contributed by atoms with E-state index in [-0.39, 0.29) is 18.8 Å². The van der Waals surface area contributed by atoms with Gasteiger partial charge >= 0.3 is 5.97 Å². The lowest BCUT2D eigenvalue weighted by atomic mass is 10.3. The highest BCUT2D eigenvalue weighted by Gasteiger charge is 1.98. The van der Waals surface area contributed by atoms with Crippen molar-refractivity contribution in [3.8, 4) is 0 Å². The molecule has 1 rings (SSSR count). The molecule has 0 unspecified atom stereocenters. The molecule has 11 heavy (non-hydrogen) atoms. The number of aliphatic carboxylic acids is 1. The fourth-order valence-corrected chi connectivity index (χ4v) is 0.658. The summed E-state index contributed by atoms with van der Waals surface area (Å²) in [6.07, 6.45) is 1.58. The van der Waals surface area contributed by atoms with Gasteiger partial charge in [-0.1, -0.05) is 6.07 Å². The van der Waals surface area contributed by atoms with Gasteiger partial charge in [0.2, 0.25) is 0 Å². The number of carboxylic acids is 1. The first-order chi connectivity index (χ1) is 4.79. The molecule has 0 fully saturated rings. The number of carboxylic acid groups (broad SMARTS) is 1. The van der Waals surface area contributed by atoms with Crippen molar-refractivity contribution < 1.29 is 9.90 Å². The van der Waals surface area contributed by atoms with Crippen LogP contribution in [-0.4, -0.2) is 16.1 Å². The molecule has 0 aliphatic carbocycles. The number of pyridine rings is 1. The highest BCUT2D eigenvalue weighted by atomic mass is 35.5. The quantitative estimate of drug-likeness (QED) is 0.730. The SMILES string of the molecule is Cl.O=C(O)Cc1ccccn1. The number of rotatable bonds is 2. The number of hydrogen-bond donors (Lipinski definition) is 1. The van der Waals surface area contributed by atoms with Crippen LogP contribution in [0.5, 0.6) is 0 Å². The van der Waals surface area contributed by atoms with Crippen molar-refractivity contribution in [3.63, 3.8) is 0 Å². The van der Waals surface area contributed by atoms with E-state index in [4.69, 9.17) is 5.11 Å². The molecule has 4 heteroatoms. The Balaban J connectivity index is 0.000001000. The third-order valence-electron chi connectivity index (χ3n) is 1.06. The molecule has 0 aromatic carbocycles. The molecular weight excluding hydrogens is 166 g/mol. The van der Waals surface area contributed by atoms with Gasteiger partial charge in [-0.3, -0.25) is 9.78 Å². The molecule has 60 valence electrons. The average Bonchev–Trinajstić information content (AvgIpc) is 1.88. The summed E-state index contributed by atoms with van der Waals surface area (Å²) in [5.41, 5.74) is 0.593. The van der Waals surface area contributed by atoms with E-state index in [2.05, 4.69) is 4.98 Å². The minimum atomic E-state index is -0.848. The summed E-state index contributed by atoms with van der Waals surface area (Å²) in [6.45, 7) is 0. The van der Waals surface area contributed by atoms with Crippen LogP contribution < -0.4 is 0 Å². The molecule has 1 heterocycles. The summed E-state index contributed by atoms with van der Waals surface area (Å²) in [4.78, 5) is 14.0. The van der Waals surface area contributed by atoms with Crippen LogP contribution in [0, 0.1) is 0 Å². The van der Waals surface area contributed by atoms with Crippen molar-refractivity contribution in [2.75, 3.05) is 0 Å². The fraction of sp³-hybridized carbons (Fsp3) is 0.143. The van der Waals surface area contributed by atoms with Crippen LogP contribution >= 0.6 is 12.4 Å². The fourth-order valence-electron chi connectivity index (χ4n) is 0.658. The molecule has 1 aromatic heterocycles. The third-order valence-corrected chi connectivity index (χ3v) is 1.06.